The highest BCUT2D eigenvalue weighted by atomic mass is 15.2. The summed E-state index contributed by atoms with van der Waals surface area (Å²) >= 11 is 0. The first-order valence-corrected chi connectivity index (χ1v) is 6.94. The number of nitrogens with zero attached hydrogens (tertiary/aromatic N) is 2. The van der Waals surface area contributed by atoms with Gasteiger partial charge in [0.05, 0.1) is 0 Å². The molecule has 3 heteroatoms. The second-order valence-corrected chi connectivity index (χ2v) is 5.15. The van der Waals surface area contributed by atoms with Crippen molar-refractivity contribution in [1.29, 1.82) is 0 Å². The van der Waals surface area contributed by atoms with Crippen molar-refractivity contribution in [1.82, 2.24) is 9.78 Å². The lowest BCUT2D eigenvalue weighted by Gasteiger charge is -2.32. The molecular formula is C16H23N3. The molecular weight excluding hydrogens is 234 g/mol. The largest absolute Gasteiger partial charge is 0.330 e. The van der Waals surface area contributed by atoms with Gasteiger partial charge in [0, 0.05) is 30.9 Å². The van der Waals surface area contributed by atoms with Gasteiger partial charge in [-0.2, -0.15) is 5.10 Å². The Morgan fingerprint density at radius 1 is 1.21 bits per heavy atom. The van der Waals surface area contributed by atoms with Crippen molar-refractivity contribution < 1.29 is 0 Å². The van der Waals surface area contributed by atoms with Crippen molar-refractivity contribution in [2.45, 2.75) is 31.6 Å². The molecule has 0 saturated heterocycles. The lowest BCUT2D eigenvalue weighted by molar-refractivity contribution is 0.385. The van der Waals surface area contributed by atoms with E-state index < -0.39 is 0 Å². The topological polar surface area (TPSA) is 43.8 Å². The Bertz CT molecular complexity index is 498. The summed E-state index contributed by atoms with van der Waals surface area (Å²) in [6, 6.07) is 12.7. The van der Waals surface area contributed by atoms with Gasteiger partial charge in [-0.1, -0.05) is 37.3 Å². The molecule has 1 heterocycles. The summed E-state index contributed by atoms with van der Waals surface area (Å²) < 4.78 is 1.95. The van der Waals surface area contributed by atoms with Gasteiger partial charge in [-0.25, -0.2) is 0 Å². The molecule has 0 saturated carbocycles. The van der Waals surface area contributed by atoms with E-state index in [1.54, 1.807) is 0 Å². The minimum atomic E-state index is 0.0749. The molecule has 2 N–H and O–H groups in total. The van der Waals surface area contributed by atoms with Gasteiger partial charge in [0.2, 0.25) is 0 Å². The first kappa shape index (κ1) is 13.8. The molecule has 0 amide bonds. The summed E-state index contributed by atoms with van der Waals surface area (Å²) in [6.07, 6.45) is 4.99. The van der Waals surface area contributed by atoms with Crippen LogP contribution in [0.1, 0.15) is 31.0 Å². The molecule has 0 fully saturated rings. The van der Waals surface area contributed by atoms with Gasteiger partial charge >= 0.3 is 0 Å². The van der Waals surface area contributed by atoms with E-state index in [2.05, 4.69) is 48.4 Å². The summed E-state index contributed by atoms with van der Waals surface area (Å²) in [5.74, 6) is 0. The van der Waals surface area contributed by atoms with Crippen LogP contribution in [0.25, 0.3) is 0 Å². The van der Waals surface area contributed by atoms with Crippen LogP contribution in [0.4, 0.5) is 0 Å². The highest BCUT2D eigenvalue weighted by molar-refractivity contribution is 5.26. The molecule has 1 unspecified atom stereocenters. The van der Waals surface area contributed by atoms with E-state index in [0.29, 0.717) is 6.54 Å². The maximum atomic E-state index is 6.11. The summed E-state index contributed by atoms with van der Waals surface area (Å²) in [5, 5.41) is 4.23. The third-order valence-corrected chi connectivity index (χ3v) is 4.24. The summed E-state index contributed by atoms with van der Waals surface area (Å²) in [6.45, 7) is 2.91. The number of aromatic nitrogens is 2. The molecule has 0 aliphatic rings. The molecule has 2 aromatic rings. The van der Waals surface area contributed by atoms with Gasteiger partial charge in [-0.15, -0.1) is 0 Å². The number of aryl methyl sites for hydroxylation is 2. The SMILES string of the molecule is CCC(CN)(CCc1ccnn1C)c1ccccc1. The number of hydrogen-bond acceptors (Lipinski definition) is 2. The second kappa shape index (κ2) is 6.02. The monoisotopic (exact) mass is 257 g/mol. The van der Waals surface area contributed by atoms with E-state index in [-0.39, 0.29) is 5.41 Å². The van der Waals surface area contributed by atoms with Gasteiger partial charge in [-0.05, 0) is 30.9 Å². The fraction of sp³-hybridized carbons (Fsp3) is 0.438. The van der Waals surface area contributed by atoms with Crippen LogP contribution in [0.5, 0.6) is 0 Å². The highest BCUT2D eigenvalue weighted by Crippen LogP contribution is 2.31. The van der Waals surface area contributed by atoms with Gasteiger partial charge < -0.3 is 5.73 Å². The van der Waals surface area contributed by atoms with Crippen LogP contribution in [0.2, 0.25) is 0 Å². The smallest absolute Gasteiger partial charge is 0.0492 e. The molecule has 0 spiro atoms. The molecule has 1 aromatic carbocycles. The Kier molecular flexibility index (Phi) is 4.38. The molecule has 0 bridgehead atoms. The van der Waals surface area contributed by atoms with E-state index in [0.717, 1.165) is 19.3 Å². The van der Waals surface area contributed by atoms with Crippen LogP contribution < -0.4 is 5.73 Å². The number of nitrogens with two attached hydrogens (primary N) is 1. The Morgan fingerprint density at radius 2 is 1.95 bits per heavy atom. The van der Waals surface area contributed by atoms with E-state index in [9.17, 15) is 0 Å². The van der Waals surface area contributed by atoms with Crippen molar-refractivity contribution in [3.05, 3.63) is 53.9 Å². The maximum Gasteiger partial charge on any atom is 0.0492 e. The molecule has 0 radical (unpaired) electrons. The quantitative estimate of drug-likeness (QED) is 0.864. The Morgan fingerprint density at radius 3 is 2.47 bits per heavy atom. The lowest BCUT2D eigenvalue weighted by Crippen LogP contribution is -2.35. The predicted octanol–water partition coefficient (Wildman–Crippen LogP) is 2.66. The summed E-state index contributed by atoms with van der Waals surface area (Å²) in [5.41, 5.74) is 8.80. The minimum absolute atomic E-state index is 0.0749. The first-order valence-electron chi connectivity index (χ1n) is 6.94. The van der Waals surface area contributed by atoms with Gasteiger partial charge in [0.15, 0.2) is 0 Å². The Hall–Kier alpha value is -1.61. The molecule has 2 rings (SSSR count). The zero-order valence-corrected chi connectivity index (χ0v) is 11.8. The van der Waals surface area contributed by atoms with E-state index in [4.69, 9.17) is 5.73 Å². The Balaban J connectivity index is 2.18. The third kappa shape index (κ3) is 2.87. The van der Waals surface area contributed by atoms with Crippen molar-refractivity contribution in [3.8, 4) is 0 Å². The molecule has 0 aliphatic heterocycles. The van der Waals surface area contributed by atoms with E-state index in [1.807, 2.05) is 17.9 Å². The summed E-state index contributed by atoms with van der Waals surface area (Å²) in [4.78, 5) is 0. The van der Waals surface area contributed by atoms with Crippen molar-refractivity contribution in [2.24, 2.45) is 12.8 Å². The highest BCUT2D eigenvalue weighted by Gasteiger charge is 2.28. The molecule has 102 valence electrons. The molecule has 3 nitrogen and oxygen atoms in total. The van der Waals surface area contributed by atoms with Crippen LogP contribution in [-0.4, -0.2) is 16.3 Å². The first-order chi connectivity index (χ1) is 9.22. The molecule has 0 aliphatic carbocycles. The predicted molar refractivity (Wildman–Crippen MR) is 79.0 cm³/mol. The minimum Gasteiger partial charge on any atom is -0.330 e. The average molecular weight is 257 g/mol. The van der Waals surface area contributed by atoms with Crippen molar-refractivity contribution in [3.63, 3.8) is 0 Å². The zero-order valence-electron chi connectivity index (χ0n) is 11.8. The van der Waals surface area contributed by atoms with Crippen LogP contribution in [0.15, 0.2) is 42.6 Å². The standard InChI is InChI=1S/C16H23N3/c1-3-16(13-17,14-7-5-4-6-8-14)11-9-15-10-12-18-19(15)2/h4-8,10,12H,3,9,11,13,17H2,1-2H3. The van der Waals surface area contributed by atoms with Crippen LogP contribution in [0, 0.1) is 0 Å². The molecule has 19 heavy (non-hydrogen) atoms. The van der Waals surface area contributed by atoms with Gasteiger partial charge in [-0.3, -0.25) is 4.68 Å². The van der Waals surface area contributed by atoms with Crippen molar-refractivity contribution in [2.75, 3.05) is 6.54 Å². The van der Waals surface area contributed by atoms with E-state index >= 15 is 0 Å². The maximum absolute atomic E-state index is 6.11. The van der Waals surface area contributed by atoms with Crippen LogP contribution in [-0.2, 0) is 18.9 Å². The van der Waals surface area contributed by atoms with E-state index in [1.165, 1.54) is 11.3 Å². The molecule has 1 atom stereocenters. The number of benzene rings is 1. The fourth-order valence-corrected chi connectivity index (χ4v) is 2.70. The Labute approximate surface area is 115 Å². The van der Waals surface area contributed by atoms with Gasteiger partial charge in [0.1, 0.15) is 0 Å². The normalized spacial score (nSPS) is 14.3. The zero-order chi connectivity index (χ0) is 13.7. The summed E-state index contributed by atoms with van der Waals surface area (Å²) in [7, 11) is 1.99. The average Bonchev–Trinajstić information content (AvgIpc) is 2.87. The number of rotatable bonds is 6. The van der Waals surface area contributed by atoms with Crippen LogP contribution in [0.3, 0.4) is 0 Å². The van der Waals surface area contributed by atoms with Crippen molar-refractivity contribution >= 4 is 0 Å². The molecule has 1 aromatic heterocycles. The van der Waals surface area contributed by atoms with Gasteiger partial charge in [0.25, 0.3) is 0 Å². The number of hydrogen-bond donors (Lipinski definition) is 1. The van der Waals surface area contributed by atoms with Crippen LogP contribution >= 0.6 is 0 Å². The third-order valence-electron chi connectivity index (χ3n) is 4.24. The fourth-order valence-electron chi connectivity index (χ4n) is 2.70. The lowest BCUT2D eigenvalue weighted by atomic mass is 9.74. The second-order valence-electron chi connectivity index (χ2n) is 5.15.